The maximum atomic E-state index is 12.7. The van der Waals surface area contributed by atoms with Crippen molar-refractivity contribution in [3.63, 3.8) is 0 Å². The predicted molar refractivity (Wildman–Crippen MR) is 76.7 cm³/mol. The van der Waals surface area contributed by atoms with Crippen molar-refractivity contribution in [2.75, 3.05) is 7.11 Å². The number of hydrogen-bond acceptors (Lipinski definition) is 3. The number of aromatic nitrogens is 2. The quantitative estimate of drug-likeness (QED) is 0.809. The van der Waals surface area contributed by atoms with Crippen LogP contribution in [-0.2, 0) is 0 Å². The molecule has 0 unspecified atom stereocenters. The lowest BCUT2D eigenvalue weighted by Crippen LogP contribution is -2.14. The summed E-state index contributed by atoms with van der Waals surface area (Å²) in [5.41, 5.74) is 1.08. The monoisotopic (exact) mass is 322 g/mol. The molecule has 4 nitrogen and oxygen atoms in total. The van der Waals surface area contributed by atoms with Crippen molar-refractivity contribution in [3.05, 3.63) is 46.2 Å². The molecular weight excluding hydrogens is 308 g/mol. The second-order valence-electron chi connectivity index (χ2n) is 4.41. The number of para-hydroxylation sites is 1. The molecule has 0 saturated heterocycles. The van der Waals surface area contributed by atoms with Crippen LogP contribution in [0.3, 0.4) is 0 Å². The van der Waals surface area contributed by atoms with Crippen LogP contribution in [0.5, 0.6) is 5.75 Å². The third-order valence-electron chi connectivity index (χ3n) is 2.81. The normalized spacial score (nSPS) is 10.8. The van der Waals surface area contributed by atoms with Gasteiger partial charge in [-0.05, 0) is 41.9 Å². The van der Waals surface area contributed by atoms with Gasteiger partial charge in [0.05, 0.1) is 23.3 Å². The highest BCUT2D eigenvalue weighted by atomic mass is 79.9. The minimum Gasteiger partial charge on any atom is -0.496 e. The van der Waals surface area contributed by atoms with E-state index in [1.54, 1.807) is 30.1 Å². The van der Waals surface area contributed by atoms with Gasteiger partial charge in [-0.1, -0.05) is 12.1 Å². The van der Waals surface area contributed by atoms with Crippen molar-refractivity contribution in [3.8, 4) is 5.75 Å². The van der Waals surface area contributed by atoms with Gasteiger partial charge in [-0.3, -0.25) is 9.48 Å². The molecule has 2 aromatic rings. The van der Waals surface area contributed by atoms with E-state index in [1.807, 2.05) is 26.0 Å². The first-order valence-corrected chi connectivity index (χ1v) is 6.76. The molecule has 1 aromatic heterocycles. The lowest BCUT2D eigenvalue weighted by atomic mass is 10.1. The highest BCUT2D eigenvalue weighted by molar-refractivity contribution is 9.10. The van der Waals surface area contributed by atoms with Gasteiger partial charge in [0.1, 0.15) is 11.4 Å². The molecule has 100 valence electrons. The van der Waals surface area contributed by atoms with Crippen molar-refractivity contribution in [2.45, 2.75) is 19.9 Å². The standard InChI is InChI=1S/C14H15BrN2O2/c1-9(2)17-13(11(15)8-16-17)14(18)10-6-4-5-7-12(10)19-3/h4-9H,1-3H3. The molecule has 0 N–H and O–H groups in total. The van der Waals surface area contributed by atoms with Crippen LogP contribution in [0.4, 0.5) is 0 Å². The summed E-state index contributed by atoms with van der Waals surface area (Å²) in [7, 11) is 1.56. The van der Waals surface area contributed by atoms with Crippen LogP contribution in [0.25, 0.3) is 0 Å². The van der Waals surface area contributed by atoms with Crippen LogP contribution < -0.4 is 4.74 Å². The van der Waals surface area contributed by atoms with E-state index in [2.05, 4.69) is 21.0 Å². The number of halogens is 1. The summed E-state index contributed by atoms with van der Waals surface area (Å²) in [5.74, 6) is 0.464. The fraction of sp³-hybridized carbons (Fsp3) is 0.286. The van der Waals surface area contributed by atoms with E-state index in [-0.39, 0.29) is 11.8 Å². The fourth-order valence-electron chi connectivity index (χ4n) is 1.91. The zero-order valence-corrected chi connectivity index (χ0v) is 12.6. The number of ketones is 1. The molecular formula is C14H15BrN2O2. The molecule has 1 heterocycles. The van der Waals surface area contributed by atoms with E-state index >= 15 is 0 Å². The van der Waals surface area contributed by atoms with E-state index in [0.717, 1.165) is 0 Å². The van der Waals surface area contributed by atoms with Gasteiger partial charge in [0.15, 0.2) is 0 Å². The minimum atomic E-state index is -0.101. The molecule has 0 saturated carbocycles. The molecule has 0 radical (unpaired) electrons. The Hall–Kier alpha value is -1.62. The van der Waals surface area contributed by atoms with Gasteiger partial charge < -0.3 is 4.74 Å². The average molecular weight is 323 g/mol. The molecule has 0 aliphatic carbocycles. The fourth-order valence-corrected chi connectivity index (χ4v) is 2.36. The maximum absolute atomic E-state index is 12.7. The smallest absolute Gasteiger partial charge is 0.215 e. The summed E-state index contributed by atoms with van der Waals surface area (Å²) in [4.78, 5) is 12.7. The maximum Gasteiger partial charge on any atom is 0.215 e. The number of rotatable bonds is 4. The van der Waals surface area contributed by atoms with Crippen molar-refractivity contribution in [1.82, 2.24) is 9.78 Å². The molecule has 0 spiro atoms. The largest absolute Gasteiger partial charge is 0.496 e. The van der Waals surface area contributed by atoms with Gasteiger partial charge in [0.25, 0.3) is 0 Å². The van der Waals surface area contributed by atoms with Crippen molar-refractivity contribution < 1.29 is 9.53 Å². The second kappa shape index (κ2) is 5.57. The Kier molecular flexibility index (Phi) is 4.04. The Morgan fingerprint density at radius 1 is 1.37 bits per heavy atom. The number of benzene rings is 1. The van der Waals surface area contributed by atoms with E-state index in [0.29, 0.717) is 21.5 Å². The zero-order chi connectivity index (χ0) is 14.0. The summed E-state index contributed by atoms with van der Waals surface area (Å²) in [6.07, 6.45) is 1.64. The van der Waals surface area contributed by atoms with Gasteiger partial charge in [-0.25, -0.2) is 0 Å². The average Bonchev–Trinajstić information content (AvgIpc) is 2.80. The van der Waals surface area contributed by atoms with Crippen LogP contribution in [0.2, 0.25) is 0 Å². The topological polar surface area (TPSA) is 44.1 Å². The molecule has 0 bridgehead atoms. The minimum absolute atomic E-state index is 0.101. The Morgan fingerprint density at radius 2 is 2.05 bits per heavy atom. The van der Waals surface area contributed by atoms with Gasteiger partial charge in [-0.2, -0.15) is 5.10 Å². The third kappa shape index (κ3) is 2.56. The molecule has 19 heavy (non-hydrogen) atoms. The molecule has 0 atom stereocenters. The summed E-state index contributed by atoms with van der Waals surface area (Å²) >= 11 is 3.38. The lowest BCUT2D eigenvalue weighted by molar-refractivity contribution is 0.102. The second-order valence-corrected chi connectivity index (χ2v) is 5.26. The first kappa shape index (κ1) is 13.8. The molecule has 0 amide bonds. The van der Waals surface area contributed by atoms with Gasteiger partial charge >= 0.3 is 0 Å². The first-order valence-electron chi connectivity index (χ1n) is 5.97. The van der Waals surface area contributed by atoms with Crippen molar-refractivity contribution >= 4 is 21.7 Å². The van der Waals surface area contributed by atoms with E-state index in [9.17, 15) is 4.79 Å². The third-order valence-corrected chi connectivity index (χ3v) is 3.39. The lowest BCUT2D eigenvalue weighted by Gasteiger charge is -2.12. The predicted octanol–water partition coefficient (Wildman–Crippen LogP) is 3.47. The SMILES string of the molecule is COc1ccccc1C(=O)c1c(Br)cnn1C(C)C. The van der Waals surface area contributed by atoms with Crippen LogP contribution in [-0.4, -0.2) is 22.7 Å². The zero-order valence-electron chi connectivity index (χ0n) is 11.1. The molecule has 0 fully saturated rings. The van der Waals surface area contributed by atoms with Crippen LogP contribution in [0.1, 0.15) is 35.9 Å². The van der Waals surface area contributed by atoms with Gasteiger partial charge in [0, 0.05) is 6.04 Å². The molecule has 1 aromatic carbocycles. The molecule has 0 aliphatic rings. The van der Waals surface area contributed by atoms with Crippen LogP contribution in [0.15, 0.2) is 34.9 Å². The number of carbonyl (C=O) groups excluding carboxylic acids is 1. The summed E-state index contributed by atoms with van der Waals surface area (Å²) in [5, 5.41) is 4.23. The number of hydrogen-bond donors (Lipinski definition) is 0. The van der Waals surface area contributed by atoms with Crippen LogP contribution in [0, 0.1) is 0 Å². The number of nitrogens with zero attached hydrogens (tertiary/aromatic N) is 2. The summed E-state index contributed by atoms with van der Waals surface area (Å²) in [6, 6.07) is 7.30. The summed E-state index contributed by atoms with van der Waals surface area (Å²) in [6.45, 7) is 3.97. The number of carbonyl (C=O) groups is 1. The highest BCUT2D eigenvalue weighted by Gasteiger charge is 2.22. The Labute approximate surface area is 120 Å². The van der Waals surface area contributed by atoms with E-state index in [4.69, 9.17) is 4.74 Å². The summed E-state index contributed by atoms with van der Waals surface area (Å²) < 4.78 is 7.64. The van der Waals surface area contributed by atoms with E-state index < -0.39 is 0 Å². The Morgan fingerprint density at radius 3 is 2.68 bits per heavy atom. The highest BCUT2D eigenvalue weighted by Crippen LogP contribution is 2.26. The Balaban J connectivity index is 2.53. The number of ether oxygens (including phenoxy) is 1. The molecule has 5 heteroatoms. The van der Waals surface area contributed by atoms with Crippen molar-refractivity contribution in [1.29, 1.82) is 0 Å². The first-order chi connectivity index (χ1) is 9.06. The van der Waals surface area contributed by atoms with Gasteiger partial charge in [-0.15, -0.1) is 0 Å². The Bertz CT molecular complexity index is 605. The van der Waals surface area contributed by atoms with Crippen LogP contribution >= 0.6 is 15.9 Å². The molecule has 2 rings (SSSR count). The number of methoxy groups -OCH3 is 1. The van der Waals surface area contributed by atoms with Crippen molar-refractivity contribution in [2.24, 2.45) is 0 Å². The molecule has 0 aliphatic heterocycles. The van der Waals surface area contributed by atoms with Gasteiger partial charge in [0.2, 0.25) is 5.78 Å². The van der Waals surface area contributed by atoms with E-state index in [1.165, 1.54) is 0 Å².